The van der Waals surface area contributed by atoms with E-state index in [1.165, 1.54) is 12.1 Å². The number of nitrogens with one attached hydrogen (secondary N) is 2. The maximum atomic E-state index is 13.1. The van der Waals surface area contributed by atoms with Gasteiger partial charge in [0.25, 0.3) is 5.91 Å². The van der Waals surface area contributed by atoms with Crippen molar-refractivity contribution in [2.75, 3.05) is 17.2 Å². The van der Waals surface area contributed by atoms with Crippen molar-refractivity contribution in [1.29, 1.82) is 0 Å². The standard InChI is InChI=1S/C27H25N3O5/c1-27(2,28)18-9-11-19(12-10-18)29-24(16-6-4-3-5-7-16)23-20-13-8-17(14-21(20)30-25(23)33)26(34)35-15-22(31)32/h3-14,29H,15,28H2,1-2H3,(H,30,33)(H,31,32)/b24-23-. The van der Waals surface area contributed by atoms with Crippen LogP contribution in [0.3, 0.4) is 0 Å². The molecule has 8 nitrogen and oxygen atoms in total. The molecule has 0 saturated carbocycles. The minimum absolute atomic E-state index is 0.140. The van der Waals surface area contributed by atoms with Gasteiger partial charge in [0.15, 0.2) is 6.61 Å². The second kappa shape index (κ2) is 9.44. The number of anilines is 2. The van der Waals surface area contributed by atoms with E-state index in [0.717, 1.165) is 16.8 Å². The monoisotopic (exact) mass is 471 g/mol. The van der Waals surface area contributed by atoms with Crippen molar-refractivity contribution in [3.8, 4) is 0 Å². The molecule has 0 saturated heterocycles. The van der Waals surface area contributed by atoms with Gasteiger partial charge in [0.05, 0.1) is 22.5 Å². The maximum Gasteiger partial charge on any atom is 0.341 e. The summed E-state index contributed by atoms with van der Waals surface area (Å²) in [4.78, 5) is 36.0. The number of rotatable bonds is 7. The molecule has 0 atom stereocenters. The highest BCUT2D eigenvalue weighted by Gasteiger charge is 2.29. The highest BCUT2D eigenvalue weighted by molar-refractivity contribution is 6.37. The van der Waals surface area contributed by atoms with Crippen molar-refractivity contribution in [3.05, 3.63) is 95.1 Å². The fourth-order valence-electron chi connectivity index (χ4n) is 3.77. The Morgan fingerprint density at radius 2 is 1.69 bits per heavy atom. The topological polar surface area (TPSA) is 131 Å². The van der Waals surface area contributed by atoms with E-state index in [1.54, 1.807) is 6.07 Å². The van der Waals surface area contributed by atoms with E-state index in [9.17, 15) is 14.4 Å². The van der Waals surface area contributed by atoms with E-state index in [-0.39, 0.29) is 11.5 Å². The van der Waals surface area contributed by atoms with E-state index >= 15 is 0 Å². The third-order valence-electron chi connectivity index (χ3n) is 5.54. The first-order valence-corrected chi connectivity index (χ1v) is 10.9. The number of carboxylic acid groups (broad SMARTS) is 1. The Morgan fingerprint density at radius 1 is 1.00 bits per heavy atom. The predicted molar refractivity (Wildman–Crippen MR) is 134 cm³/mol. The van der Waals surface area contributed by atoms with Gasteiger partial charge in [-0.25, -0.2) is 9.59 Å². The molecule has 178 valence electrons. The van der Waals surface area contributed by atoms with Gasteiger partial charge in [0.2, 0.25) is 0 Å². The van der Waals surface area contributed by atoms with Crippen LogP contribution in [-0.2, 0) is 19.9 Å². The Bertz CT molecular complexity index is 1320. The predicted octanol–water partition coefficient (Wildman–Crippen LogP) is 4.05. The molecular formula is C27H25N3O5. The number of carbonyl (C=O) groups is 3. The summed E-state index contributed by atoms with van der Waals surface area (Å²) in [6.45, 7) is 3.12. The van der Waals surface area contributed by atoms with Crippen molar-refractivity contribution in [1.82, 2.24) is 0 Å². The van der Waals surface area contributed by atoms with Crippen molar-refractivity contribution in [3.63, 3.8) is 0 Å². The van der Waals surface area contributed by atoms with Gasteiger partial charge in [0.1, 0.15) is 0 Å². The lowest BCUT2D eigenvalue weighted by Crippen LogP contribution is -2.28. The summed E-state index contributed by atoms with van der Waals surface area (Å²) in [5.41, 5.74) is 10.5. The zero-order chi connectivity index (χ0) is 25.2. The van der Waals surface area contributed by atoms with Gasteiger partial charge < -0.3 is 26.2 Å². The van der Waals surface area contributed by atoms with Crippen LogP contribution in [0.2, 0.25) is 0 Å². The van der Waals surface area contributed by atoms with Gasteiger partial charge in [0, 0.05) is 16.8 Å². The van der Waals surface area contributed by atoms with Gasteiger partial charge in [-0.05, 0) is 49.2 Å². The summed E-state index contributed by atoms with van der Waals surface area (Å²) in [5, 5.41) is 14.9. The number of nitrogens with two attached hydrogens (primary N) is 1. The van der Waals surface area contributed by atoms with Crippen LogP contribution in [0, 0.1) is 0 Å². The molecule has 1 heterocycles. The molecule has 4 rings (SSSR count). The van der Waals surface area contributed by atoms with Crippen LogP contribution in [0.4, 0.5) is 11.4 Å². The summed E-state index contributed by atoms with van der Waals surface area (Å²) < 4.78 is 4.75. The number of esters is 1. The number of amides is 1. The number of hydrogen-bond acceptors (Lipinski definition) is 6. The van der Waals surface area contributed by atoms with Crippen LogP contribution >= 0.6 is 0 Å². The molecule has 0 radical (unpaired) electrons. The molecule has 0 unspecified atom stereocenters. The molecule has 8 heteroatoms. The summed E-state index contributed by atoms with van der Waals surface area (Å²) in [7, 11) is 0. The molecule has 0 spiro atoms. The smallest absolute Gasteiger partial charge is 0.341 e. The number of ether oxygens (including phenoxy) is 1. The Labute approximate surface area is 202 Å². The largest absolute Gasteiger partial charge is 0.479 e. The van der Waals surface area contributed by atoms with Crippen LogP contribution in [0.25, 0.3) is 11.3 Å². The van der Waals surface area contributed by atoms with Crippen molar-refractivity contribution in [2.45, 2.75) is 19.4 Å². The quantitative estimate of drug-likeness (QED) is 0.302. The minimum atomic E-state index is -1.25. The molecular weight excluding hydrogens is 446 g/mol. The molecule has 5 N–H and O–H groups in total. The highest BCUT2D eigenvalue weighted by atomic mass is 16.5. The van der Waals surface area contributed by atoms with Gasteiger partial charge in [-0.1, -0.05) is 48.5 Å². The molecule has 1 amide bonds. The maximum absolute atomic E-state index is 13.1. The average molecular weight is 472 g/mol. The first-order valence-electron chi connectivity index (χ1n) is 10.9. The van der Waals surface area contributed by atoms with Crippen molar-refractivity contribution in [2.24, 2.45) is 5.73 Å². The molecule has 0 aliphatic carbocycles. The lowest BCUT2D eigenvalue weighted by atomic mass is 9.95. The Morgan fingerprint density at radius 3 is 2.31 bits per heavy atom. The second-order valence-corrected chi connectivity index (χ2v) is 8.72. The Balaban J connectivity index is 1.75. The van der Waals surface area contributed by atoms with Crippen LogP contribution < -0.4 is 16.4 Å². The lowest BCUT2D eigenvalue weighted by Gasteiger charge is -2.20. The van der Waals surface area contributed by atoms with Gasteiger partial charge in [-0.2, -0.15) is 0 Å². The van der Waals surface area contributed by atoms with E-state index < -0.39 is 24.1 Å². The zero-order valence-corrected chi connectivity index (χ0v) is 19.3. The fourth-order valence-corrected chi connectivity index (χ4v) is 3.77. The highest BCUT2D eigenvalue weighted by Crippen LogP contribution is 2.38. The van der Waals surface area contributed by atoms with Gasteiger partial charge in [-0.15, -0.1) is 0 Å². The van der Waals surface area contributed by atoms with Crippen LogP contribution in [0.5, 0.6) is 0 Å². The first-order chi connectivity index (χ1) is 16.6. The molecule has 3 aromatic carbocycles. The molecule has 0 bridgehead atoms. The number of carboxylic acids is 1. The normalized spacial score (nSPS) is 14.1. The van der Waals surface area contributed by atoms with E-state index in [4.69, 9.17) is 15.6 Å². The number of aliphatic carboxylic acids is 1. The molecule has 3 aromatic rings. The number of fused-ring (bicyclic) bond motifs is 1. The molecule has 35 heavy (non-hydrogen) atoms. The lowest BCUT2D eigenvalue weighted by molar-refractivity contribution is -0.140. The first kappa shape index (κ1) is 23.7. The number of carbonyl (C=O) groups excluding carboxylic acids is 2. The number of benzene rings is 3. The summed E-state index contributed by atoms with van der Waals surface area (Å²) in [6, 6.07) is 21.8. The van der Waals surface area contributed by atoms with Crippen LogP contribution in [-0.4, -0.2) is 29.6 Å². The molecule has 0 aromatic heterocycles. The van der Waals surface area contributed by atoms with E-state index in [2.05, 4.69) is 10.6 Å². The molecule has 1 aliphatic rings. The van der Waals surface area contributed by atoms with E-state index in [0.29, 0.717) is 22.5 Å². The third-order valence-corrected chi connectivity index (χ3v) is 5.54. The summed E-state index contributed by atoms with van der Waals surface area (Å²) >= 11 is 0. The second-order valence-electron chi connectivity index (χ2n) is 8.72. The summed E-state index contributed by atoms with van der Waals surface area (Å²) in [6.07, 6.45) is 0. The molecule has 1 aliphatic heterocycles. The van der Waals surface area contributed by atoms with Gasteiger partial charge in [-0.3, -0.25) is 4.79 Å². The SMILES string of the molecule is CC(C)(N)c1ccc(N/C(=C2\C(=O)Nc3cc(C(=O)OCC(=O)O)ccc32)c2ccccc2)cc1. The Kier molecular flexibility index (Phi) is 6.40. The number of hydrogen-bond donors (Lipinski definition) is 4. The molecule has 0 fully saturated rings. The Hall–Kier alpha value is -4.43. The summed E-state index contributed by atoms with van der Waals surface area (Å²) in [5.74, 6) is -2.37. The zero-order valence-electron chi connectivity index (χ0n) is 19.3. The third kappa shape index (κ3) is 5.23. The van der Waals surface area contributed by atoms with Gasteiger partial charge >= 0.3 is 11.9 Å². The fraction of sp³-hybridized carbons (Fsp3) is 0.148. The minimum Gasteiger partial charge on any atom is -0.479 e. The van der Waals surface area contributed by atoms with Crippen LogP contribution in [0.15, 0.2) is 72.8 Å². The van der Waals surface area contributed by atoms with E-state index in [1.807, 2.05) is 68.4 Å². The average Bonchev–Trinajstić information content (AvgIpc) is 3.16. The van der Waals surface area contributed by atoms with Crippen LogP contribution in [0.1, 0.15) is 40.9 Å². The van der Waals surface area contributed by atoms with Crippen molar-refractivity contribution < 1.29 is 24.2 Å². The van der Waals surface area contributed by atoms with Crippen molar-refractivity contribution >= 4 is 40.5 Å².